The predicted octanol–water partition coefficient (Wildman–Crippen LogP) is 3.75. The molecular weight excluding hydrogens is 403 g/mol. The molecule has 1 atom stereocenters. The molecule has 8 heteroatoms. The first-order chi connectivity index (χ1) is 13.5. The molecule has 0 saturated carbocycles. The van der Waals surface area contributed by atoms with Crippen molar-refractivity contribution >= 4 is 46.0 Å². The maximum atomic E-state index is 12.3. The molecule has 0 radical (unpaired) electrons. The number of rotatable bonds is 7. The fourth-order valence-corrected chi connectivity index (χ4v) is 3.29. The lowest BCUT2D eigenvalue weighted by atomic mass is 10.0. The fourth-order valence-electron chi connectivity index (χ4n) is 2.83. The largest absolute Gasteiger partial charge is 0.482 e. The maximum absolute atomic E-state index is 12.3. The normalized spacial score (nSPS) is 11.8. The smallest absolute Gasteiger partial charge is 0.328 e. The van der Waals surface area contributed by atoms with E-state index in [9.17, 15) is 9.59 Å². The Morgan fingerprint density at radius 3 is 2.71 bits per heavy atom. The van der Waals surface area contributed by atoms with E-state index in [1.54, 1.807) is 12.1 Å². The Morgan fingerprint density at radius 1 is 1.18 bits per heavy atom. The van der Waals surface area contributed by atoms with Crippen LogP contribution >= 0.6 is 23.2 Å². The first-order valence-corrected chi connectivity index (χ1v) is 9.23. The standard InChI is InChI=1S/C20H18Cl2N2O4/c1-27-20(26)17(8-12-10-23-16-5-3-2-4-14(12)16)24-19(25)11-28-18-7-6-13(21)9-15(18)22/h2-7,9-10,17,23H,8,11H2,1H3,(H,24,25)/t17-/m0/s1. The van der Waals surface area contributed by atoms with Crippen molar-refractivity contribution in [3.05, 3.63) is 64.3 Å². The Morgan fingerprint density at radius 2 is 1.96 bits per heavy atom. The Bertz CT molecular complexity index is 1000. The number of benzene rings is 2. The van der Waals surface area contributed by atoms with Gasteiger partial charge in [0.05, 0.1) is 12.1 Å². The van der Waals surface area contributed by atoms with Gasteiger partial charge in [0.25, 0.3) is 5.91 Å². The van der Waals surface area contributed by atoms with E-state index in [-0.39, 0.29) is 13.0 Å². The van der Waals surface area contributed by atoms with E-state index in [4.69, 9.17) is 32.7 Å². The van der Waals surface area contributed by atoms with Gasteiger partial charge in [-0.25, -0.2) is 4.79 Å². The highest BCUT2D eigenvalue weighted by molar-refractivity contribution is 6.35. The highest BCUT2D eigenvalue weighted by Crippen LogP contribution is 2.27. The molecule has 0 spiro atoms. The number of carbonyl (C=O) groups is 2. The van der Waals surface area contributed by atoms with Crippen LogP contribution in [0.3, 0.4) is 0 Å². The molecule has 3 rings (SSSR count). The third kappa shape index (κ3) is 4.77. The summed E-state index contributed by atoms with van der Waals surface area (Å²) in [6, 6.07) is 11.6. The maximum Gasteiger partial charge on any atom is 0.328 e. The number of nitrogens with one attached hydrogen (secondary N) is 2. The van der Waals surface area contributed by atoms with E-state index in [1.807, 2.05) is 30.5 Å². The van der Waals surface area contributed by atoms with Gasteiger partial charge in [-0.2, -0.15) is 0 Å². The summed E-state index contributed by atoms with van der Waals surface area (Å²) in [5, 5.41) is 4.39. The molecule has 2 aromatic carbocycles. The molecule has 6 nitrogen and oxygen atoms in total. The molecule has 0 saturated heterocycles. The molecule has 1 heterocycles. The van der Waals surface area contributed by atoms with Gasteiger partial charge < -0.3 is 19.8 Å². The molecule has 146 valence electrons. The Labute approximate surface area is 171 Å². The van der Waals surface area contributed by atoms with Gasteiger partial charge in [-0.15, -0.1) is 0 Å². The number of H-pyrrole nitrogens is 1. The number of para-hydroxylation sites is 1. The summed E-state index contributed by atoms with van der Waals surface area (Å²) in [5.74, 6) is -0.683. The van der Waals surface area contributed by atoms with Crippen molar-refractivity contribution in [3.8, 4) is 5.75 Å². The zero-order chi connectivity index (χ0) is 20.1. The van der Waals surface area contributed by atoms with Crippen LogP contribution in [0, 0.1) is 0 Å². The van der Waals surface area contributed by atoms with Crippen molar-refractivity contribution in [2.75, 3.05) is 13.7 Å². The minimum absolute atomic E-state index is 0.282. The molecule has 1 aromatic heterocycles. The summed E-state index contributed by atoms with van der Waals surface area (Å²) in [6.07, 6.45) is 2.10. The average molecular weight is 421 g/mol. The number of hydrogen-bond acceptors (Lipinski definition) is 4. The van der Waals surface area contributed by atoms with Crippen LogP contribution in [0.25, 0.3) is 10.9 Å². The van der Waals surface area contributed by atoms with Crippen LogP contribution in [-0.2, 0) is 20.7 Å². The summed E-state index contributed by atoms with van der Waals surface area (Å²) < 4.78 is 10.2. The zero-order valence-corrected chi connectivity index (χ0v) is 16.5. The van der Waals surface area contributed by atoms with Gasteiger partial charge in [0.2, 0.25) is 0 Å². The highest BCUT2D eigenvalue weighted by Gasteiger charge is 2.23. The Kier molecular flexibility index (Phi) is 6.44. The van der Waals surface area contributed by atoms with Crippen molar-refractivity contribution in [1.82, 2.24) is 10.3 Å². The summed E-state index contributed by atoms with van der Waals surface area (Å²) in [4.78, 5) is 27.6. The van der Waals surface area contributed by atoms with Crippen LogP contribution in [0.15, 0.2) is 48.7 Å². The van der Waals surface area contributed by atoms with Crippen LogP contribution in [0.2, 0.25) is 10.0 Å². The Hall–Kier alpha value is -2.70. The number of ether oxygens (including phenoxy) is 2. The van der Waals surface area contributed by atoms with Crippen molar-refractivity contribution in [2.24, 2.45) is 0 Å². The second-order valence-electron chi connectivity index (χ2n) is 6.07. The monoisotopic (exact) mass is 420 g/mol. The first kappa shape index (κ1) is 20.0. The zero-order valence-electron chi connectivity index (χ0n) is 15.0. The summed E-state index contributed by atoms with van der Waals surface area (Å²) in [5.41, 5.74) is 1.85. The number of aromatic nitrogens is 1. The van der Waals surface area contributed by atoms with Crippen LogP contribution in [0.1, 0.15) is 5.56 Å². The number of hydrogen-bond donors (Lipinski definition) is 2. The minimum atomic E-state index is -0.846. The second kappa shape index (κ2) is 8.99. The summed E-state index contributed by atoms with van der Waals surface area (Å²) >= 11 is 11.9. The number of amides is 1. The van der Waals surface area contributed by atoms with Crippen LogP contribution in [0.5, 0.6) is 5.75 Å². The van der Waals surface area contributed by atoms with Gasteiger partial charge in [-0.1, -0.05) is 41.4 Å². The summed E-state index contributed by atoms with van der Waals surface area (Å²) in [6.45, 7) is -0.303. The molecule has 0 aliphatic rings. The van der Waals surface area contributed by atoms with Crippen LogP contribution in [-0.4, -0.2) is 36.6 Å². The number of halogens is 2. The number of carbonyl (C=O) groups excluding carboxylic acids is 2. The van der Waals surface area contributed by atoms with Crippen molar-refractivity contribution in [2.45, 2.75) is 12.5 Å². The van der Waals surface area contributed by atoms with Crippen LogP contribution in [0.4, 0.5) is 0 Å². The quantitative estimate of drug-likeness (QED) is 0.570. The molecule has 0 aliphatic carbocycles. The SMILES string of the molecule is COC(=O)[C@H](Cc1c[nH]c2ccccc12)NC(=O)COc1ccc(Cl)cc1Cl. The minimum Gasteiger partial charge on any atom is -0.482 e. The molecule has 2 N–H and O–H groups in total. The Balaban J connectivity index is 1.66. The molecule has 0 unspecified atom stereocenters. The van der Waals surface area contributed by atoms with Gasteiger partial charge in [0, 0.05) is 28.5 Å². The van der Waals surface area contributed by atoms with E-state index in [2.05, 4.69) is 10.3 Å². The molecule has 3 aromatic rings. The number of fused-ring (bicyclic) bond motifs is 1. The van der Waals surface area contributed by atoms with E-state index >= 15 is 0 Å². The van der Waals surface area contributed by atoms with Gasteiger partial charge in [-0.3, -0.25) is 4.79 Å². The fraction of sp³-hybridized carbons (Fsp3) is 0.200. The lowest BCUT2D eigenvalue weighted by Crippen LogP contribution is -2.44. The molecular formula is C20H18Cl2N2O4. The number of esters is 1. The topological polar surface area (TPSA) is 80.4 Å². The average Bonchev–Trinajstić information content (AvgIpc) is 3.09. The lowest BCUT2D eigenvalue weighted by molar-refractivity contribution is -0.145. The van der Waals surface area contributed by atoms with Gasteiger partial charge in [-0.05, 0) is 29.8 Å². The second-order valence-corrected chi connectivity index (χ2v) is 6.91. The van der Waals surface area contributed by atoms with Crippen molar-refractivity contribution in [1.29, 1.82) is 0 Å². The van der Waals surface area contributed by atoms with E-state index in [0.717, 1.165) is 16.5 Å². The first-order valence-electron chi connectivity index (χ1n) is 8.48. The van der Waals surface area contributed by atoms with Crippen LogP contribution < -0.4 is 10.1 Å². The van der Waals surface area contributed by atoms with Crippen molar-refractivity contribution < 1.29 is 19.1 Å². The van der Waals surface area contributed by atoms with E-state index in [1.165, 1.54) is 13.2 Å². The third-order valence-corrected chi connectivity index (χ3v) is 4.70. The van der Waals surface area contributed by atoms with E-state index < -0.39 is 17.9 Å². The van der Waals surface area contributed by atoms with Gasteiger partial charge in [0.15, 0.2) is 6.61 Å². The van der Waals surface area contributed by atoms with E-state index in [0.29, 0.717) is 15.8 Å². The van der Waals surface area contributed by atoms with Gasteiger partial charge in [0.1, 0.15) is 11.8 Å². The molecule has 0 fully saturated rings. The number of methoxy groups -OCH3 is 1. The summed E-state index contributed by atoms with van der Waals surface area (Å²) in [7, 11) is 1.28. The predicted molar refractivity (Wildman–Crippen MR) is 108 cm³/mol. The molecule has 0 aliphatic heterocycles. The van der Waals surface area contributed by atoms with Crippen molar-refractivity contribution in [3.63, 3.8) is 0 Å². The highest BCUT2D eigenvalue weighted by atomic mass is 35.5. The molecule has 0 bridgehead atoms. The number of aromatic amines is 1. The lowest BCUT2D eigenvalue weighted by Gasteiger charge is -2.17. The van der Waals surface area contributed by atoms with Gasteiger partial charge >= 0.3 is 5.97 Å². The third-order valence-electron chi connectivity index (χ3n) is 4.17. The molecule has 28 heavy (non-hydrogen) atoms. The molecule has 1 amide bonds.